The van der Waals surface area contributed by atoms with E-state index in [9.17, 15) is 0 Å². The molecule has 0 spiro atoms. The molecule has 3 aromatic rings. The molecule has 0 saturated heterocycles. The minimum absolute atomic E-state index is 0.412. The predicted molar refractivity (Wildman–Crippen MR) is 111 cm³/mol. The monoisotopic (exact) mass is 446 g/mol. The van der Waals surface area contributed by atoms with E-state index in [-0.39, 0.29) is 0 Å². The number of hydrogen-bond donors (Lipinski definition) is 1. The Labute approximate surface area is 172 Å². The topological polar surface area (TPSA) is 43.4 Å². The zero-order valence-corrected chi connectivity index (χ0v) is 17.3. The number of rotatable bonds is 8. The second-order valence-corrected chi connectivity index (χ2v) is 7.28. The highest BCUT2D eigenvalue weighted by molar-refractivity contribution is 9.10. The molecule has 0 bridgehead atoms. The summed E-state index contributed by atoms with van der Waals surface area (Å²) in [5, 5.41) is 4.11. The molecule has 0 aliphatic carbocycles. The van der Waals surface area contributed by atoms with Crippen molar-refractivity contribution in [3.8, 4) is 11.5 Å². The highest BCUT2D eigenvalue weighted by Crippen LogP contribution is 2.37. The van der Waals surface area contributed by atoms with E-state index in [1.807, 2.05) is 48.5 Å². The molecule has 2 aromatic carbocycles. The number of pyridine rings is 1. The van der Waals surface area contributed by atoms with Gasteiger partial charge >= 0.3 is 0 Å². The second kappa shape index (κ2) is 9.74. The van der Waals surface area contributed by atoms with Crippen LogP contribution < -0.4 is 14.8 Å². The average molecular weight is 448 g/mol. The molecule has 0 aliphatic heterocycles. The van der Waals surface area contributed by atoms with E-state index in [1.165, 1.54) is 5.56 Å². The van der Waals surface area contributed by atoms with Crippen LogP contribution in [-0.4, -0.2) is 12.1 Å². The first kappa shape index (κ1) is 19.7. The molecule has 0 amide bonds. The number of nitrogens with one attached hydrogen (secondary N) is 1. The summed E-state index contributed by atoms with van der Waals surface area (Å²) < 4.78 is 12.3. The highest BCUT2D eigenvalue weighted by atomic mass is 79.9. The van der Waals surface area contributed by atoms with Gasteiger partial charge in [0.1, 0.15) is 6.61 Å². The highest BCUT2D eigenvalue weighted by Gasteiger charge is 2.12. The normalized spacial score (nSPS) is 10.6. The number of halogens is 2. The van der Waals surface area contributed by atoms with Gasteiger partial charge < -0.3 is 14.8 Å². The van der Waals surface area contributed by atoms with Crippen LogP contribution in [0.3, 0.4) is 0 Å². The minimum Gasteiger partial charge on any atom is -0.493 e. The Bertz CT molecular complexity index is 891. The first-order valence-corrected chi connectivity index (χ1v) is 9.66. The largest absolute Gasteiger partial charge is 0.493 e. The summed E-state index contributed by atoms with van der Waals surface area (Å²) in [7, 11) is 1.64. The van der Waals surface area contributed by atoms with E-state index >= 15 is 0 Å². The van der Waals surface area contributed by atoms with Gasteiger partial charge in [-0.15, -0.1) is 0 Å². The molecule has 3 rings (SSSR count). The van der Waals surface area contributed by atoms with Gasteiger partial charge in [0, 0.05) is 30.5 Å². The van der Waals surface area contributed by atoms with Crippen molar-refractivity contribution in [1.29, 1.82) is 0 Å². The predicted octanol–water partition coefficient (Wildman–Crippen LogP) is 5.37. The molecule has 4 nitrogen and oxygen atoms in total. The summed E-state index contributed by atoms with van der Waals surface area (Å²) in [6.07, 6.45) is 3.59. The molecular formula is C21H20BrClN2O2. The van der Waals surface area contributed by atoms with Gasteiger partial charge in [-0.1, -0.05) is 23.7 Å². The minimum atomic E-state index is 0.412. The number of nitrogens with zero attached hydrogens (tertiary/aromatic N) is 1. The fourth-order valence-corrected chi connectivity index (χ4v) is 3.47. The lowest BCUT2D eigenvalue weighted by atomic mass is 10.2. The van der Waals surface area contributed by atoms with Crippen molar-refractivity contribution >= 4 is 27.5 Å². The summed E-state index contributed by atoms with van der Waals surface area (Å²) in [6.45, 7) is 1.90. The number of hydrogen-bond acceptors (Lipinski definition) is 4. The van der Waals surface area contributed by atoms with Gasteiger partial charge in [0.05, 0.1) is 11.6 Å². The molecule has 0 radical (unpaired) electrons. The molecule has 27 heavy (non-hydrogen) atoms. The molecule has 6 heteroatoms. The third kappa shape index (κ3) is 5.70. The van der Waals surface area contributed by atoms with Crippen LogP contribution in [0.15, 0.2) is 65.4 Å². The van der Waals surface area contributed by atoms with E-state index in [4.69, 9.17) is 21.1 Å². The van der Waals surface area contributed by atoms with Crippen LogP contribution in [0.4, 0.5) is 0 Å². The Morgan fingerprint density at radius 3 is 2.52 bits per heavy atom. The van der Waals surface area contributed by atoms with Gasteiger partial charge in [-0.25, -0.2) is 0 Å². The average Bonchev–Trinajstić information content (AvgIpc) is 2.67. The maximum absolute atomic E-state index is 6.03. The van der Waals surface area contributed by atoms with Crippen LogP contribution in [0, 0.1) is 0 Å². The Balaban J connectivity index is 1.65. The van der Waals surface area contributed by atoms with E-state index in [0.717, 1.165) is 22.1 Å². The second-order valence-electron chi connectivity index (χ2n) is 5.99. The van der Waals surface area contributed by atoms with Gasteiger partial charge in [0.15, 0.2) is 11.5 Å². The summed E-state index contributed by atoms with van der Waals surface area (Å²) in [5.74, 6) is 1.36. The molecule has 0 atom stereocenters. The maximum Gasteiger partial charge on any atom is 0.175 e. The van der Waals surface area contributed by atoms with Crippen molar-refractivity contribution in [2.75, 3.05) is 7.11 Å². The van der Waals surface area contributed by atoms with Gasteiger partial charge in [-0.3, -0.25) is 4.98 Å². The van der Waals surface area contributed by atoms with Gasteiger partial charge in [0.2, 0.25) is 0 Å². The standard InChI is InChI=1S/C21H20BrClN2O2/c1-26-20-11-17(13-25-12-15-5-7-24-8-6-15)10-19(22)21(20)27-14-16-3-2-4-18(23)9-16/h2-11,25H,12-14H2,1H3. The van der Waals surface area contributed by atoms with E-state index in [1.54, 1.807) is 19.5 Å². The molecule has 1 heterocycles. The Morgan fingerprint density at radius 1 is 1.00 bits per heavy atom. The molecule has 140 valence electrons. The molecular weight excluding hydrogens is 428 g/mol. The first-order valence-electron chi connectivity index (χ1n) is 8.49. The maximum atomic E-state index is 6.03. The van der Waals surface area contributed by atoms with Crippen molar-refractivity contribution in [2.45, 2.75) is 19.7 Å². The van der Waals surface area contributed by atoms with Gasteiger partial charge in [-0.05, 0) is 69.0 Å². The Morgan fingerprint density at radius 2 is 1.78 bits per heavy atom. The summed E-state index contributed by atoms with van der Waals surface area (Å²) in [4.78, 5) is 4.03. The zero-order chi connectivity index (χ0) is 19.1. The fourth-order valence-electron chi connectivity index (χ4n) is 2.65. The lowest BCUT2D eigenvalue weighted by Gasteiger charge is -2.15. The summed E-state index contributed by atoms with van der Waals surface area (Å²) >= 11 is 9.63. The molecule has 1 N–H and O–H groups in total. The van der Waals surface area contributed by atoms with Crippen molar-refractivity contribution < 1.29 is 9.47 Å². The Kier molecular flexibility index (Phi) is 7.10. The quantitative estimate of drug-likeness (QED) is 0.504. The van der Waals surface area contributed by atoms with Crippen molar-refractivity contribution in [3.63, 3.8) is 0 Å². The summed E-state index contributed by atoms with van der Waals surface area (Å²) in [5.41, 5.74) is 3.29. The van der Waals surface area contributed by atoms with Gasteiger partial charge in [-0.2, -0.15) is 0 Å². The molecule has 0 unspecified atom stereocenters. The van der Waals surface area contributed by atoms with Gasteiger partial charge in [0.25, 0.3) is 0 Å². The van der Waals surface area contributed by atoms with E-state index < -0.39 is 0 Å². The summed E-state index contributed by atoms with van der Waals surface area (Å²) in [6, 6.07) is 15.6. The SMILES string of the molecule is COc1cc(CNCc2ccncc2)cc(Br)c1OCc1cccc(Cl)c1. The lowest BCUT2D eigenvalue weighted by Crippen LogP contribution is -2.13. The van der Waals surface area contributed by atoms with Crippen LogP contribution in [0.5, 0.6) is 11.5 Å². The first-order chi connectivity index (χ1) is 13.2. The molecule has 0 aliphatic rings. The number of benzene rings is 2. The van der Waals surface area contributed by atoms with Crippen LogP contribution in [-0.2, 0) is 19.7 Å². The van der Waals surface area contributed by atoms with Crippen LogP contribution in [0.25, 0.3) is 0 Å². The number of methoxy groups -OCH3 is 1. The molecule has 0 saturated carbocycles. The van der Waals surface area contributed by atoms with Crippen LogP contribution >= 0.6 is 27.5 Å². The third-order valence-corrected chi connectivity index (χ3v) is 4.79. The molecule has 1 aromatic heterocycles. The van der Waals surface area contributed by atoms with E-state index in [2.05, 4.69) is 26.2 Å². The van der Waals surface area contributed by atoms with Crippen LogP contribution in [0.1, 0.15) is 16.7 Å². The number of aromatic nitrogens is 1. The van der Waals surface area contributed by atoms with Crippen molar-refractivity contribution in [1.82, 2.24) is 10.3 Å². The zero-order valence-electron chi connectivity index (χ0n) is 14.9. The molecule has 0 fully saturated rings. The smallest absolute Gasteiger partial charge is 0.175 e. The van der Waals surface area contributed by atoms with Crippen molar-refractivity contribution in [2.24, 2.45) is 0 Å². The van der Waals surface area contributed by atoms with Crippen LogP contribution in [0.2, 0.25) is 5.02 Å². The third-order valence-electron chi connectivity index (χ3n) is 3.97. The lowest BCUT2D eigenvalue weighted by molar-refractivity contribution is 0.282. The Hall–Kier alpha value is -2.08. The van der Waals surface area contributed by atoms with Crippen molar-refractivity contribution in [3.05, 3.63) is 87.1 Å². The fraction of sp³-hybridized carbons (Fsp3) is 0.190. The number of ether oxygens (including phenoxy) is 2. The van der Waals surface area contributed by atoms with E-state index in [0.29, 0.717) is 29.7 Å².